The zero-order chi connectivity index (χ0) is 9.86. The van der Waals surface area contributed by atoms with Gasteiger partial charge < -0.3 is 15.4 Å². The number of rotatable bonds is 6. The highest BCUT2D eigenvalue weighted by Crippen LogP contribution is 2.47. The summed E-state index contributed by atoms with van der Waals surface area (Å²) in [6.07, 6.45) is 5.43. The standard InChI is InChI=1S/C11H18N2O/c14-7-5-11(3-4-11)9-12-8-10-2-1-6-13-10/h1-2,6,12-14H,3-5,7-9H2. The van der Waals surface area contributed by atoms with Crippen molar-refractivity contribution >= 4 is 0 Å². The molecule has 0 saturated heterocycles. The third-order valence-corrected chi connectivity index (χ3v) is 3.08. The fourth-order valence-electron chi connectivity index (χ4n) is 1.87. The van der Waals surface area contributed by atoms with Gasteiger partial charge in [0.1, 0.15) is 0 Å². The summed E-state index contributed by atoms with van der Waals surface area (Å²) in [6.45, 7) is 2.26. The van der Waals surface area contributed by atoms with Gasteiger partial charge in [0.15, 0.2) is 0 Å². The second-order valence-corrected chi connectivity index (χ2v) is 4.27. The van der Waals surface area contributed by atoms with E-state index in [1.54, 1.807) is 0 Å². The lowest BCUT2D eigenvalue weighted by atomic mass is 10.0. The van der Waals surface area contributed by atoms with Crippen LogP contribution in [0.1, 0.15) is 25.0 Å². The van der Waals surface area contributed by atoms with Crippen LogP contribution in [-0.4, -0.2) is 23.2 Å². The molecule has 1 aromatic rings. The Balaban J connectivity index is 1.68. The highest BCUT2D eigenvalue weighted by atomic mass is 16.3. The van der Waals surface area contributed by atoms with Crippen molar-refractivity contribution in [2.75, 3.05) is 13.2 Å². The van der Waals surface area contributed by atoms with E-state index >= 15 is 0 Å². The third kappa shape index (κ3) is 2.36. The van der Waals surface area contributed by atoms with Crippen molar-refractivity contribution < 1.29 is 5.11 Å². The summed E-state index contributed by atoms with van der Waals surface area (Å²) >= 11 is 0. The van der Waals surface area contributed by atoms with E-state index < -0.39 is 0 Å². The Labute approximate surface area is 84.5 Å². The van der Waals surface area contributed by atoms with Gasteiger partial charge in [0, 0.05) is 31.6 Å². The molecule has 1 saturated carbocycles. The predicted molar refractivity (Wildman–Crippen MR) is 55.9 cm³/mol. The second-order valence-electron chi connectivity index (χ2n) is 4.27. The summed E-state index contributed by atoms with van der Waals surface area (Å²) in [6, 6.07) is 4.09. The first-order chi connectivity index (χ1) is 6.85. The first-order valence-corrected chi connectivity index (χ1v) is 5.29. The van der Waals surface area contributed by atoms with E-state index in [1.165, 1.54) is 18.5 Å². The maximum Gasteiger partial charge on any atom is 0.0436 e. The Morgan fingerprint density at radius 3 is 2.93 bits per heavy atom. The minimum atomic E-state index is 0.324. The summed E-state index contributed by atoms with van der Waals surface area (Å²) in [5.41, 5.74) is 1.64. The van der Waals surface area contributed by atoms with Crippen LogP contribution < -0.4 is 5.32 Å². The molecule has 0 radical (unpaired) electrons. The Morgan fingerprint density at radius 2 is 2.36 bits per heavy atom. The number of H-pyrrole nitrogens is 1. The smallest absolute Gasteiger partial charge is 0.0436 e. The highest BCUT2D eigenvalue weighted by Gasteiger charge is 2.41. The summed E-state index contributed by atoms with van der Waals surface area (Å²) < 4.78 is 0. The minimum absolute atomic E-state index is 0.324. The molecule has 14 heavy (non-hydrogen) atoms. The number of hydrogen-bond acceptors (Lipinski definition) is 2. The van der Waals surface area contributed by atoms with Crippen molar-refractivity contribution in [3.8, 4) is 0 Å². The van der Waals surface area contributed by atoms with Gasteiger partial charge in [-0.2, -0.15) is 0 Å². The average Bonchev–Trinajstić information content (AvgIpc) is 2.75. The molecule has 1 heterocycles. The number of aromatic amines is 1. The first kappa shape index (κ1) is 9.74. The van der Waals surface area contributed by atoms with Gasteiger partial charge in [-0.3, -0.25) is 0 Å². The molecule has 2 rings (SSSR count). The average molecular weight is 194 g/mol. The van der Waals surface area contributed by atoms with Crippen molar-refractivity contribution in [2.45, 2.75) is 25.8 Å². The summed E-state index contributed by atoms with van der Waals surface area (Å²) in [4.78, 5) is 3.16. The topological polar surface area (TPSA) is 48.0 Å². The fraction of sp³-hybridized carbons (Fsp3) is 0.636. The Kier molecular flexibility index (Phi) is 2.89. The molecular formula is C11H18N2O. The molecule has 78 valence electrons. The summed E-state index contributed by atoms with van der Waals surface area (Å²) in [7, 11) is 0. The molecule has 1 aromatic heterocycles. The van der Waals surface area contributed by atoms with Gasteiger partial charge in [-0.05, 0) is 36.8 Å². The van der Waals surface area contributed by atoms with Crippen molar-refractivity contribution in [1.82, 2.24) is 10.3 Å². The minimum Gasteiger partial charge on any atom is -0.396 e. The Morgan fingerprint density at radius 1 is 1.50 bits per heavy atom. The molecule has 0 spiro atoms. The van der Waals surface area contributed by atoms with E-state index in [1.807, 2.05) is 12.3 Å². The maximum atomic E-state index is 8.89. The molecule has 0 atom stereocenters. The zero-order valence-corrected chi connectivity index (χ0v) is 8.42. The molecule has 1 aliphatic rings. The Hall–Kier alpha value is -0.800. The van der Waals surface area contributed by atoms with Crippen molar-refractivity contribution in [3.63, 3.8) is 0 Å². The number of nitrogens with one attached hydrogen (secondary N) is 2. The normalized spacial score (nSPS) is 18.4. The van der Waals surface area contributed by atoms with Crippen LogP contribution in [0.25, 0.3) is 0 Å². The summed E-state index contributed by atoms with van der Waals surface area (Å²) in [5.74, 6) is 0. The van der Waals surface area contributed by atoms with E-state index in [0.29, 0.717) is 12.0 Å². The van der Waals surface area contributed by atoms with E-state index in [2.05, 4.69) is 16.4 Å². The van der Waals surface area contributed by atoms with Gasteiger partial charge in [0.25, 0.3) is 0 Å². The van der Waals surface area contributed by atoms with Crippen LogP contribution >= 0.6 is 0 Å². The number of aliphatic hydroxyl groups is 1. The van der Waals surface area contributed by atoms with E-state index in [4.69, 9.17) is 5.11 Å². The Bertz CT molecular complexity index is 265. The van der Waals surface area contributed by atoms with Gasteiger partial charge in [-0.1, -0.05) is 0 Å². The first-order valence-electron chi connectivity index (χ1n) is 5.29. The van der Waals surface area contributed by atoms with Gasteiger partial charge in [0.05, 0.1) is 0 Å². The largest absolute Gasteiger partial charge is 0.396 e. The molecule has 3 N–H and O–H groups in total. The molecule has 1 aliphatic carbocycles. The van der Waals surface area contributed by atoms with Gasteiger partial charge in [0.2, 0.25) is 0 Å². The molecule has 0 amide bonds. The highest BCUT2D eigenvalue weighted by molar-refractivity contribution is 5.03. The quantitative estimate of drug-likeness (QED) is 0.638. The predicted octanol–water partition coefficient (Wildman–Crippen LogP) is 1.27. The van der Waals surface area contributed by atoms with Gasteiger partial charge >= 0.3 is 0 Å². The molecule has 0 unspecified atom stereocenters. The van der Waals surface area contributed by atoms with Crippen molar-refractivity contribution in [3.05, 3.63) is 24.0 Å². The van der Waals surface area contributed by atoms with Gasteiger partial charge in [-0.25, -0.2) is 0 Å². The van der Waals surface area contributed by atoms with Crippen molar-refractivity contribution in [1.29, 1.82) is 0 Å². The molecule has 1 fully saturated rings. The molecule has 3 nitrogen and oxygen atoms in total. The fourth-order valence-corrected chi connectivity index (χ4v) is 1.87. The van der Waals surface area contributed by atoms with Crippen LogP contribution in [0.5, 0.6) is 0 Å². The number of hydrogen-bond donors (Lipinski definition) is 3. The van der Waals surface area contributed by atoms with E-state index in [9.17, 15) is 0 Å². The molecular weight excluding hydrogens is 176 g/mol. The zero-order valence-electron chi connectivity index (χ0n) is 8.42. The van der Waals surface area contributed by atoms with E-state index in [0.717, 1.165) is 19.5 Å². The molecule has 0 aromatic carbocycles. The lowest BCUT2D eigenvalue weighted by molar-refractivity contribution is 0.245. The SMILES string of the molecule is OCCC1(CNCc2ccc[nH]2)CC1. The number of aliphatic hydroxyl groups excluding tert-OH is 1. The third-order valence-electron chi connectivity index (χ3n) is 3.08. The van der Waals surface area contributed by atoms with E-state index in [-0.39, 0.29) is 0 Å². The summed E-state index contributed by atoms with van der Waals surface area (Å²) in [5, 5.41) is 12.3. The van der Waals surface area contributed by atoms with Crippen LogP contribution in [0.15, 0.2) is 18.3 Å². The van der Waals surface area contributed by atoms with Gasteiger partial charge in [-0.15, -0.1) is 0 Å². The van der Waals surface area contributed by atoms with Crippen LogP contribution in [-0.2, 0) is 6.54 Å². The maximum absolute atomic E-state index is 8.89. The number of aromatic nitrogens is 1. The lowest BCUT2D eigenvalue weighted by Crippen LogP contribution is -2.24. The molecule has 3 heteroatoms. The monoisotopic (exact) mass is 194 g/mol. The van der Waals surface area contributed by atoms with Crippen LogP contribution in [0.2, 0.25) is 0 Å². The van der Waals surface area contributed by atoms with Crippen LogP contribution in [0, 0.1) is 5.41 Å². The van der Waals surface area contributed by atoms with Crippen LogP contribution in [0.4, 0.5) is 0 Å². The van der Waals surface area contributed by atoms with Crippen LogP contribution in [0.3, 0.4) is 0 Å². The molecule has 0 aliphatic heterocycles. The molecule has 0 bridgehead atoms. The van der Waals surface area contributed by atoms with Crippen molar-refractivity contribution in [2.24, 2.45) is 5.41 Å². The second kappa shape index (κ2) is 4.15. The lowest BCUT2D eigenvalue weighted by Gasteiger charge is -2.13.